The van der Waals surface area contributed by atoms with Crippen LogP contribution in [0.1, 0.15) is 27.7 Å². The molecule has 5 atom stereocenters. The van der Waals surface area contributed by atoms with Gasteiger partial charge in [-0.05, 0) is 26.3 Å². The number of rotatable bonds is 5. The highest BCUT2D eigenvalue weighted by Gasteiger charge is 2.41. The summed E-state index contributed by atoms with van der Waals surface area (Å²) in [6.45, 7) is 10.5. The van der Waals surface area contributed by atoms with E-state index in [2.05, 4.69) is 33.0 Å². The maximum Gasteiger partial charge on any atom is 0.0619 e. The summed E-state index contributed by atoms with van der Waals surface area (Å²) in [7, 11) is 1.76. The summed E-state index contributed by atoms with van der Waals surface area (Å²) in [5.41, 5.74) is 0. The molecule has 3 heteroatoms. The van der Waals surface area contributed by atoms with Crippen LogP contribution in [0.3, 0.4) is 0 Å². The van der Waals surface area contributed by atoms with Crippen molar-refractivity contribution in [3.8, 4) is 0 Å². The molecule has 0 radical (unpaired) electrons. The molecule has 0 aromatic rings. The topological polar surface area (TPSA) is 30.5 Å². The van der Waals surface area contributed by atoms with Crippen molar-refractivity contribution < 1.29 is 9.47 Å². The highest BCUT2D eigenvalue weighted by atomic mass is 16.5. The number of hydrogen-bond donors (Lipinski definition) is 1. The lowest BCUT2D eigenvalue weighted by atomic mass is 9.83. The van der Waals surface area contributed by atoms with Gasteiger partial charge in [0.05, 0.1) is 18.8 Å². The molecule has 3 nitrogen and oxygen atoms in total. The van der Waals surface area contributed by atoms with E-state index in [1.807, 2.05) is 0 Å². The van der Waals surface area contributed by atoms with Gasteiger partial charge in [0.1, 0.15) is 0 Å². The van der Waals surface area contributed by atoms with E-state index >= 15 is 0 Å². The van der Waals surface area contributed by atoms with Gasteiger partial charge >= 0.3 is 0 Å². The molecule has 15 heavy (non-hydrogen) atoms. The van der Waals surface area contributed by atoms with Crippen molar-refractivity contribution in [2.75, 3.05) is 20.3 Å². The summed E-state index contributed by atoms with van der Waals surface area (Å²) in [5.74, 6) is 1.15. The third-order valence-electron chi connectivity index (χ3n) is 3.60. The van der Waals surface area contributed by atoms with Crippen molar-refractivity contribution in [2.45, 2.75) is 45.9 Å². The maximum atomic E-state index is 5.86. The molecule has 0 aromatic carbocycles. The lowest BCUT2D eigenvalue weighted by molar-refractivity contribution is 0.0416. The van der Waals surface area contributed by atoms with Crippen LogP contribution in [0.15, 0.2) is 0 Å². The molecule has 0 amide bonds. The van der Waals surface area contributed by atoms with Gasteiger partial charge in [0.15, 0.2) is 0 Å². The van der Waals surface area contributed by atoms with Gasteiger partial charge in [-0.25, -0.2) is 0 Å². The van der Waals surface area contributed by atoms with Gasteiger partial charge in [0.25, 0.3) is 0 Å². The van der Waals surface area contributed by atoms with Crippen molar-refractivity contribution in [3.63, 3.8) is 0 Å². The van der Waals surface area contributed by atoms with E-state index in [9.17, 15) is 0 Å². The zero-order valence-corrected chi connectivity index (χ0v) is 10.6. The van der Waals surface area contributed by atoms with Gasteiger partial charge in [-0.3, -0.25) is 0 Å². The average Bonchev–Trinajstić information content (AvgIpc) is 2.41. The van der Waals surface area contributed by atoms with Crippen LogP contribution in [0.4, 0.5) is 0 Å². The fourth-order valence-electron chi connectivity index (χ4n) is 2.74. The number of nitrogens with one attached hydrogen (secondary N) is 1. The number of hydrogen-bond acceptors (Lipinski definition) is 3. The van der Waals surface area contributed by atoms with Crippen LogP contribution in [0.5, 0.6) is 0 Å². The Morgan fingerprint density at radius 1 is 1.27 bits per heavy atom. The molecule has 90 valence electrons. The predicted octanol–water partition coefficient (Wildman–Crippen LogP) is 1.67. The summed E-state index contributed by atoms with van der Waals surface area (Å²) in [4.78, 5) is 0. The monoisotopic (exact) mass is 215 g/mol. The highest BCUT2D eigenvalue weighted by molar-refractivity contribution is 4.91. The first-order valence-corrected chi connectivity index (χ1v) is 5.99. The Morgan fingerprint density at radius 2 is 1.93 bits per heavy atom. The molecule has 1 fully saturated rings. The second kappa shape index (κ2) is 5.83. The van der Waals surface area contributed by atoms with E-state index in [0.29, 0.717) is 30.1 Å². The summed E-state index contributed by atoms with van der Waals surface area (Å²) in [5, 5.41) is 3.50. The molecule has 0 aliphatic carbocycles. The van der Waals surface area contributed by atoms with E-state index in [1.165, 1.54) is 0 Å². The third-order valence-corrected chi connectivity index (χ3v) is 3.60. The zero-order valence-electron chi connectivity index (χ0n) is 10.6. The van der Waals surface area contributed by atoms with Crippen LogP contribution >= 0.6 is 0 Å². The fraction of sp³-hybridized carbons (Fsp3) is 1.00. The lowest BCUT2D eigenvalue weighted by Gasteiger charge is -2.29. The second-order valence-electron chi connectivity index (χ2n) is 4.60. The minimum atomic E-state index is 0.328. The van der Waals surface area contributed by atoms with Gasteiger partial charge in [-0.2, -0.15) is 0 Å². The summed E-state index contributed by atoms with van der Waals surface area (Å²) in [6.07, 6.45) is 0.692. The quantitative estimate of drug-likeness (QED) is 0.757. The molecule has 5 unspecified atom stereocenters. The van der Waals surface area contributed by atoms with Crippen LogP contribution in [0, 0.1) is 11.8 Å². The Hall–Kier alpha value is -0.120. The van der Waals surface area contributed by atoms with Crippen LogP contribution in [0.2, 0.25) is 0 Å². The molecule has 1 aliphatic heterocycles. The smallest absolute Gasteiger partial charge is 0.0619 e. The van der Waals surface area contributed by atoms with Gasteiger partial charge in [0, 0.05) is 19.1 Å². The molecule has 1 saturated heterocycles. The second-order valence-corrected chi connectivity index (χ2v) is 4.60. The van der Waals surface area contributed by atoms with Crippen molar-refractivity contribution >= 4 is 0 Å². The SMILES string of the molecule is CCNC(COC)C1C(C)OC(C)C1C. The first kappa shape index (κ1) is 12.9. The third kappa shape index (κ3) is 2.92. The van der Waals surface area contributed by atoms with Crippen LogP contribution in [0.25, 0.3) is 0 Å². The van der Waals surface area contributed by atoms with Gasteiger partial charge in [0.2, 0.25) is 0 Å². The number of likely N-dealkylation sites (N-methyl/N-ethyl adjacent to an activating group) is 1. The van der Waals surface area contributed by atoms with Gasteiger partial charge in [-0.15, -0.1) is 0 Å². The molecular weight excluding hydrogens is 190 g/mol. The van der Waals surface area contributed by atoms with Crippen LogP contribution < -0.4 is 5.32 Å². The average molecular weight is 215 g/mol. The first-order valence-electron chi connectivity index (χ1n) is 5.99. The summed E-state index contributed by atoms with van der Waals surface area (Å²) in [6, 6.07) is 0.412. The van der Waals surface area contributed by atoms with Crippen LogP contribution in [-0.4, -0.2) is 38.5 Å². The Morgan fingerprint density at radius 3 is 2.33 bits per heavy atom. The normalized spacial score (nSPS) is 38.2. The van der Waals surface area contributed by atoms with Crippen molar-refractivity contribution in [2.24, 2.45) is 11.8 Å². The molecule has 0 aromatic heterocycles. The van der Waals surface area contributed by atoms with E-state index in [0.717, 1.165) is 13.2 Å². The number of ether oxygens (including phenoxy) is 2. The van der Waals surface area contributed by atoms with E-state index in [4.69, 9.17) is 9.47 Å². The largest absolute Gasteiger partial charge is 0.383 e. The minimum absolute atomic E-state index is 0.328. The minimum Gasteiger partial charge on any atom is -0.383 e. The Balaban J connectivity index is 2.64. The first-order chi connectivity index (χ1) is 7.11. The Kier molecular flexibility index (Phi) is 5.03. The molecular formula is C12H25NO2. The maximum absolute atomic E-state index is 5.86. The van der Waals surface area contributed by atoms with E-state index in [1.54, 1.807) is 7.11 Å². The summed E-state index contributed by atoms with van der Waals surface area (Å²) < 4.78 is 11.1. The van der Waals surface area contributed by atoms with Crippen molar-refractivity contribution in [1.29, 1.82) is 0 Å². The molecule has 0 bridgehead atoms. The highest BCUT2D eigenvalue weighted by Crippen LogP contribution is 2.34. The fourth-order valence-corrected chi connectivity index (χ4v) is 2.74. The van der Waals surface area contributed by atoms with E-state index < -0.39 is 0 Å². The van der Waals surface area contributed by atoms with Crippen molar-refractivity contribution in [3.05, 3.63) is 0 Å². The van der Waals surface area contributed by atoms with E-state index in [-0.39, 0.29) is 0 Å². The molecule has 0 saturated carbocycles. The predicted molar refractivity (Wildman–Crippen MR) is 62.0 cm³/mol. The van der Waals surface area contributed by atoms with Gasteiger partial charge < -0.3 is 14.8 Å². The standard InChI is InChI=1S/C12H25NO2/c1-6-13-11(7-14-5)12-8(2)9(3)15-10(12)4/h8-13H,6-7H2,1-5H3. The molecule has 1 aliphatic rings. The van der Waals surface area contributed by atoms with Gasteiger partial charge in [-0.1, -0.05) is 13.8 Å². The molecule has 1 N–H and O–H groups in total. The molecule has 1 heterocycles. The number of methoxy groups -OCH3 is 1. The lowest BCUT2D eigenvalue weighted by Crippen LogP contribution is -2.44. The summed E-state index contributed by atoms with van der Waals surface area (Å²) >= 11 is 0. The molecule has 1 rings (SSSR count). The van der Waals surface area contributed by atoms with Crippen molar-refractivity contribution in [1.82, 2.24) is 5.32 Å². The molecule has 0 spiro atoms. The zero-order chi connectivity index (χ0) is 11.4. The Bertz CT molecular complexity index is 180. The van der Waals surface area contributed by atoms with Crippen LogP contribution in [-0.2, 0) is 9.47 Å². The Labute approximate surface area is 93.5 Å².